The van der Waals surface area contributed by atoms with Crippen molar-refractivity contribution >= 4 is 15.9 Å². The highest BCUT2D eigenvalue weighted by Crippen LogP contribution is 2.37. The van der Waals surface area contributed by atoms with Crippen LogP contribution in [-0.2, 0) is 6.54 Å². The van der Waals surface area contributed by atoms with Crippen molar-refractivity contribution in [2.75, 3.05) is 7.05 Å². The average molecular weight is 309 g/mol. The lowest BCUT2D eigenvalue weighted by molar-refractivity contribution is 0.111. The van der Waals surface area contributed by atoms with Gasteiger partial charge in [-0.25, -0.2) is 0 Å². The lowest BCUT2D eigenvalue weighted by atomic mass is 9.97. The van der Waals surface area contributed by atoms with E-state index < -0.39 is 0 Å². The fourth-order valence-electron chi connectivity index (χ4n) is 3.59. The molecule has 2 fully saturated rings. The maximum atomic E-state index is 3.67. The van der Waals surface area contributed by atoms with E-state index in [0.717, 1.165) is 24.7 Å². The molecule has 2 atom stereocenters. The second-order valence-corrected chi connectivity index (χ2v) is 6.46. The minimum atomic E-state index is 0.734. The summed E-state index contributed by atoms with van der Waals surface area (Å²) in [5.41, 5.74) is 1.43. The molecular formula is C15H21BrN2. The third kappa shape index (κ3) is 2.36. The molecule has 3 rings (SSSR count). The molecule has 2 heterocycles. The van der Waals surface area contributed by atoms with Gasteiger partial charge >= 0.3 is 0 Å². The van der Waals surface area contributed by atoms with Crippen LogP contribution >= 0.6 is 15.9 Å². The molecule has 1 aromatic rings. The number of rotatable bonds is 3. The quantitative estimate of drug-likeness (QED) is 0.922. The first kappa shape index (κ1) is 12.6. The Balaban J connectivity index is 1.73. The SMILES string of the molecule is CNC1CC2CCC(C1)N2Cc1ccccc1Br. The van der Waals surface area contributed by atoms with Gasteiger partial charge in [-0.05, 0) is 44.4 Å². The van der Waals surface area contributed by atoms with Gasteiger partial charge in [-0.2, -0.15) is 0 Å². The maximum absolute atomic E-state index is 3.67. The van der Waals surface area contributed by atoms with E-state index in [4.69, 9.17) is 0 Å². The highest BCUT2D eigenvalue weighted by atomic mass is 79.9. The lowest BCUT2D eigenvalue weighted by Crippen LogP contribution is -2.47. The topological polar surface area (TPSA) is 15.3 Å². The van der Waals surface area contributed by atoms with Gasteiger partial charge < -0.3 is 5.32 Å². The van der Waals surface area contributed by atoms with E-state index >= 15 is 0 Å². The first-order valence-corrected chi connectivity index (χ1v) is 7.73. The summed E-state index contributed by atoms with van der Waals surface area (Å²) in [5, 5.41) is 3.46. The molecule has 3 heteroatoms. The molecule has 2 aliphatic rings. The molecule has 0 spiro atoms. The van der Waals surface area contributed by atoms with Crippen molar-refractivity contribution in [2.24, 2.45) is 0 Å². The zero-order valence-corrected chi connectivity index (χ0v) is 12.5. The van der Waals surface area contributed by atoms with Crippen LogP contribution < -0.4 is 5.32 Å². The van der Waals surface area contributed by atoms with Crippen LogP contribution in [0, 0.1) is 0 Å². The molecule has 0 aliphatic carbocycles. The molecule has 1 N–H and O–H groups in total. The summed E-state index contributed by atoms with van der Waals surface area (Å²) in [4.78, 5) is 2.73. The molecular weight excluding hydrogens is 288 g/mol. The zero-order chi connectivity index (χ0) is 12.5. The van der Waals surface area contributed by atoms with E-state index in [9.17, 15) is 0 Å². The standard InChI is InChI=1S/C15H21BrN2/c1-17-12-8-13-6-7-14(9-12)18(13)10-11-4-2-3-5-15(11)16/h2-5,12-14,17H,6-10H2,1H3. The largest absolute Gasteiger partial charge is 0.317 e. The van der Waals surface area contributed by atoms with Crippen LogP contribution in [0.1, 0.15) is 31.2 Å². The van der Waals surface area contributed by atoms with E-state index in [1.807, 2.05) is 0 Å². The van der Waals surface area contributed by atoms with Crippen LogP contribution in [0.4, 0.5) is 0 Å². The van der Waals surface area contributed by atoms with Crippen LogP contribution in [-0.4, -0.2) is 30.1 Å². The van der Waals surface area contributed by atoms with Crippen LogP contribution in [0.3, 0.4) is 0 Å². The summed E-state index contributed by atoms with van der Waals surface area (Å²) in [6.07, 6.45) is 5.40. The third-order valence-electron chi connectivity index (χ3n) is 4.60. The number of hydrogen-bond acceptors (Lipinski definition) is 2. The highest BCUT2D eigenvalue weighted by molar-refractivity contribution is 9.10. The van der Waals surface area contributed by atoms with Crippen molar-refractivity contribution in [2.45, 2.75) is 50.4 Å². The predicted octanol–water partition coefficient (Wildman–Crippen LogP) is 3.16. The van der Waals surface area contributed by atoms with Crippen LogP contribution in [0.2, 0.25) is 0 Å². The summed E-state index contributed by atoms with van der Waals surface area (Å²) in [7, 11) is 2.10. The van der Waals surface area contributed by atoms with Crippen LogP contribution in [0.25, 0.3) is 0 Å². The van der Waals surface area contributed by atoms with Crippen molar-refractivity contribution in [3.05, 3.63) is 34.3 Å². The van der Waals surface area contributed by atoms with Crippen molar-refractivity contribution in [3.63, 3.8) is 0 Å². The van der Waals surface area contributed by atoms with Crippen LogP contribution in [0.15, 0.2) is 28.7 Å². The maximum Gasteiger partial charge on any atom is 0.0250 e. The second-order valence-electron chi connectivity index (χ2n) is 5.61. The highest BCUT2D eigenvalue weighted by Gasteiger charge is 2.40. The van der Waals surface area contributed by atoms with Gasteiger partial charge in [0, 0.05) is 29.1 Å². The Kier molecular flexibility index (Phi) is 3.73. The number of benzene rings is 1. The number of piperidine rings is 1. The fraction of sp³-hybridized carbons (Fsp3) is 0.600. The molecule has 2 unspecified atom stereocenters. The molecule has 18 heavy (non-hydrogen) atoms. The minimum Gasteiger partial charge on any atom is -0.317 e. The molecule has 2 nitrogen and oxygen atoms in total. The van der Waals surface area contributed by atoms with Gasteiger partial charge in [0.15, 0.2) is 0 Å². The molecule has 0 radical (unpaired) electrons. The van der Waals surface area contributed by atoms with Crippen LogP contribution in [0.5, 0.6) is 0 Å². The number of nitrogens with zero attached hydrogens (tertiary/aromatic N) is 1. The second kappa shape index (κ2) is 5.32. The Morgan fingerprint density at radius 2 is 1.89 bits per heavy atom. The summed E-state index contributed by atoms with van der Waals surface area (Å²) < 4.78 is 1.25. The molecule has 2 bridgehead atoms. The summed E-state index contributed by atoms with van der Waals surface area (Å²) in [5.74, 6) is 0. The summed E-state index contributed by atoms with van der Waals surface area (Å²) in [6.45, 7) is 1.10. The number of nitrogens with one attached hydrogen (secondary N) is 1. The smallest absolute Gasteiger partial charge is 0.0250 e. The van der Waals surface area contributed by atoms with E-state index in [1.165, 1.54) is 35.7 Å². The molecule has 0 aromatic heterocycles. The van der Waals surface area contributed by atoms with Crippen molar-refractivity contribution in [1.82, 2.24) is 10.2 Å². The van der Waals surface area contributed by atoms with Gasteiger partial charge in [-0.15, -0.1) is 0 Å². The molecule has 2 saturated heterocycles. The predicted molar refractivity (Wildman–Crippen MR) is 78.6 cm³/mol. The van der Waals surface area contributed by atoms with Gasteiger partial charge in [0.25, 0.3) is 0 Å². The Labute approximate surface area is 118 Å². The Bertz CT molecular complexity index is 407. The van der Waals surface area contributed by atoms with Gasteiger partial charge in [-0.3, -0.25) is 4.90 Å². The molecule has 2 aliphatic heterocycles. The molecule has 0 saturated carbocycles. The summed E-state index contributed by atoms with van der Waals surface area (Å²) in [6, 6.07) is 10.9. The monoisotopic (exact) mass is 308 g/mol. The molecule has 0 amide bonds. The fourth-order valence-corrected chi connectivity index (χ4v) is 4.00. The average Bonchev–Trinajstić information content (AvgIpc) is 2.63. The number of fused-ring (bicyclic) bond motifs is 2. The Morgan fingerprint density at radius 3 is 2.50 bits per heavy atom. The van der Waals surface area contributed by atoms with Gasteiger partial charge in [-0.1, -0.05) is 34.1 Å². The summed E-state index contributed by atoms with van der Waals surface area (Å²) >= 11 is 3.67. The van der Waals surface area contributed by atoms with Gasteiger partial charge in [0.1, 0.15) is 0 Å². The van der Waals surface area contributed by atoms with Gasteiger partial charge in [0.05, 0.1) is 0 Å². The van der Waals surface area contributed by atoms with Crippen molar-refractivity contribution in [3.8, 4) is 0 Å². The first-order valence-electron chi connectivity index (χ1n) is 6.94. The number of halogens is 1. The molecule has 1 aromatic carbocycles. The number of hydrogen-bond donors (Lipinski definition) is 1. The van der Waals surface area contributed by atoms with E-state index in [-0.39, 0.29) is 0 Å². The minimum absolute atomic E-state index is 0.734. The van der Waals surface area contributed by atoms with E-state index in [0.29, 0.717) is 0 Å². The van der Waals surface area contributed by atoms with Gasteiger partial charge in [0.2, 0.25) is 0 Å². The van der Waals surface area contributed by atoms with E-state index in [1.54, 1.807) is 0 Å². The normalized spacial score (nSPS) is 31.8. The lowest BCUT2D eigenvalue weighted by Gasteiger charge is -2.39. The Hall–Kier alpha value is -0.380. The Morgan fingerprint density at radius 1 is 1.22 bits per heavy atom. The zero-order valence-electron chi connectivity index (χ0n) is 10.9. The third-order valence-corrected chi connectivity index (χ3v) is 5.38. The molecule has 98 valence electrons. The van der Waals surface area contributed by atoms with E-state index in [2.05, 4.69) is 57.5 Å². The van der Waals surface area contributed by atoms with Crippen molar-refractivity contribution < 1.29 is 0 Å². The first-order chi connectivity index (χ1) is 8.78. The van der Waals surface area contributed by atoms with Crippen molar-refractivity contribution in [1.29, 1.82) is 0 Å².